The molecular weight excluding hydrogens is 262 g/mol. The third kappa shape index (κ3) is 2.99. The van der Waals surface area contributed by atoms with Crippen molar-refractivity contribution in [2.75, 3.05) is 6.61 Å². The molecule has 0 atom stereocenters. The van der Waals surface area contributed by atoms with Crippen molar-refractivity contribution in [2.24, 2.45) is 0 Å². The smallest absolute Gasteiger partial charge is 0.164 e. The van der Waals surface area contributed by atoms with Gasteiger partial charge in [-0.1, -0.05) is 44.7 Å². The third-order valence-electron chi connectivity index (χ3n) is 3.77. The lowest BCUT2D eigenvalue weighted by molar-refractivity contribution is 0.308. The van der Waals surface area contributed by atoms with Gasteiger partial charge in [-0.2, -0.15) is 0 Å². The first kappa shape index (κ1) is 13.9. The fraction of sp³-hybridized carbons (Fsp3) is 0.412. The van der Waals surface area contributed by atoms with E-state index >= 15 is 0 Å². The predicted octanol–water partition coefficient (Wildman–Crippen LogP) is 4.23. The van der Waals surface area contributed by atoms with E-state index in [1.54, 1.807) is 6.33 Å². The summed E-state index contributed by atoms with van der Waals surface area (Å²) < 4.78 is 7.99. The summed E-state index contributed by atoms with van der Waals surface area (Å²) in [6.45, 7) is 2.99. The average molecular weight is 283 g/mol. The van der Waals surface area contributed by atoms with E-state index < -0.39 is 0 Å². The number of ether oxygens (including phenoxy) is 1. The summed E-state index contributed by atoms with van der Waals surface area (Å²) in [5.74, 6) is 0.904. The van der Waals surface area contributed by atoms with E-state index in [2.05, 4.69) is 29.3 Å². The second-order valence-electron chi connectivity index (χ2n) is 5.35. The Hall–Kier alpha value is -2.10. The molecule has 0 saturated carbocycles. The number of aromatic nitrogens is 3. The number of para-hydroxylation sites is 1. The van der Waals surface area contributed by atoms with E-state index in [0.717, 1.165) is 35.3 Å². The second-order valence-corrected chi connectivity index (χ2v) is 5.35. The highest BCUT2D eigenvalue weighted by atomic mass is 16.5. The van der Waals surface area contributed by atoms with Gasteiger partial charge in [0, 0.05) is 11.5 Å². The van der Waals surface area contributed by atoms with Gasteiger partial charge in [-0.25, -0.2) is 0 Å². The van der Waals surface area contributed by atoms with Gasteiger partial charge in [0.15, 0.2) is 5.65 Å². The fourth-order valence-corrected chi connectivity index (χ4v) is 2.62. The molecule has 3 aromatic rings. The van der Waals surface area contributed by atoms with Crippen LogP contribution in [0, 0.1) is 0 Å². The van der Waals surface area contributed by atoms with E-state index in [1.807, 2.05) is 22.6 Å². The van der Waals surface area contributed by atoms with Crippen LogP contribution in [0.15, 0.2) is 36.7 Å². The Morgan fingerprint density at radius 1 is 1.10 bits per heavy atom. The predicted molar refractivity (Wildman–Crippen MR) is 84.7 cm³/mol. The zero-order valence-corrected chi connectivity index (χ0v) is 12.5. The van der Waals surface area contributed by atoms with Crippen LogP contribution >= 0.6 is 0 Å². The number of hydrogen-bond acceptors (Lipinski definition) is 3. The van der Waals surface area contributed by atoms with Gasteiger partial charge in [-0.05, 0) is 18.6 Å². The number of pyridine rings is 1. The van der Waals surface area contributed by atoms with Gasteiger partial charge >= 0.3 is 0 Å². The fourth-order valence-electron chi connectivity index (χ4n) is 2.62. The molecule has 0 fully saturated rings. The minimum absolute atomic E-state index is 0.762. The first-order chi connectivity index (χ1) is 10.4. The van der Waals surface area contributed by atoms with E-state index in [1.165, 1.54) is 25.7 Å². The first-order valence-corrected chi connectivity index (χ1v) is 7.74. The number of unbranched alkanes of at least 4 members (excludes halogenated alkanes) is 4. The molecule has 3 rings (SSSR count). The topological polar surface area (TPSA) is 39.4 Å². The molecule has 0 N–H and O–H groups in total. The standard InChI is InChI=1S/C17H21N3O/c1-2-3-4-5-8-11-21-16-12-17-19-18-13-20(17)15-10-7-6-9-14(15)16/h6-7,9-10,12-13H,2-5,8,11H2,1H3. The van der Waals surface area contributed by atoms with E-state index in [0.29, 0.717) is 0 Å². The molecule has 0 aliphatic rings. The lowest BCUT2D eigenvalue weighted by Crippen LogP contribution is -1.99. The van der Waals surface area contributed by atoms with Gasteiger partial charge in [-0.15, -0.1) is 10.2 Å². The number of hydrogen-bond donors (Lipinski definition) is 0. The summed E-state index contributed by atoms with van der Waals surface area (Å²) in [5.41, 5.74) is 1.91. The van der Waals surface area contributed by atoms with Crippen molar-refractivity contribution in [1.82, 2.24) is 14.6 Å². The average Bonchev–Trinajstić information content (AvgIpc) is 2.99. The molecule has 0 saturated heterocycles. The van der Waals surface area contributed by atoms with Crippen molar-refractivity contribution in [3.05, 3.63) is 36.7 Å². The van der Waals surface area contributed by atoms with Crippen molar-refractivity contribution in [3.63, 3.8) is 0 Å². The highest BCUT2D eigenvalue weighted by molar-refractivity contribution is 5.88. The van der Waals surface area contributed by atoms with Crippen LogP contribution < -0.4 is 4.74 Å². The Morgan fingerprint density at radius 3 is 2.86 bits per heavy atom. The van der Waals surface area contributed by atoms with Gasteiger partial charge in [0.2, 0.25) is 0 Å². The molecule has 0 aliphatic carbocycles. The molecule has 4 heteroatoms. The van der Waals surface area contributed by atoms with Gasteiger partial charge in [0.1, 0.15) is 12.1 Å². The Labute approximate surface area is 124 Å². The van der Waals surface area contributed by atoms with Crippen LogP contribution in [0.3, 0.4) is 0 Å². The van der Waals surface area contributed by atoms with E-state index in [4.69, 9.17) is 4.74 Å². The zero-order valence-electron chi connectivity index (χ0n) is 12.5. The summed E-state index contributed by atoms with van der Waals surface area (Å²) >= 11 is 0. The van der Waals surface area contributed by atoms with Crippen molar-refractivity contribution in [1.29, 1.82) is 0 Å². The summed E-state index contributed by atoms with van der Waals surface area (Å²) in [4.78, 5) is 0. The van der Waals surface area contributed by atoms with E-state index in [9.17, 15) is 0 Å². The molecule has 110 valence electrons. The molecule has 1 aromatic carbocycles. The number of rotatable bonds is 7. The maximum absolute atomic E-state index is 6.00. The van der Waals surface area contributed by atoms with Crippen LogP contribution in [-0.2, 0) is 0 Å². The maximum atomic E-state index is 6.00. The molecule has 0 radical (unpaired) electrons. The molecule has 0 bridgehead atoms. The Balaban J connectivity index is 1.77. The SMILES string of the molecule is CCCCCCCOc1cc2nncn2c2ccccc12. The molecular formula is C17H21N3O. The summed E-state index contributed by atoms with van der Waals surface area (Å²) in [5, 5.41) is 9.22. The highest BCUT2D eigenvalue weighted by Gasteiger charge is 2.08. The molecule has 0 unspecified atom stereocenters. The molecule has 2 heterocycles. The summed E-state index contributed by atoms with van der Waals surface area (Å²) in [7, 11) is 0. The molecule has 0 amide bonds. The van der Waals surface area contributed by atoms with Crippen LogP contribution in [0.2, 0.25) is 0 Å². The largest absolute Gasteiger partial charge is 0.493 e. The molecule has 4 nitrogen and oxygen atoms in total. The minimum atomic E-state index is 0.762. The third-order valence-corrected chi connectivity index (χ3v) is 3.77. The highest BCUT2D eigenvalue weighted by Crippen LogP contribution is 2.27. The van der Waals surface area contributed by atoms with Crippen LogP contribution in [0.1, 0.15) is 39.0 Å². The number of nitrogens with zero attached hydrogens (tertiary/aromatic N) is 3. The van der Waals surface area contributed by atoms with Crippen molar-refractivity contribution >= 4 is 16.6 Å². The lowest BCUT2D eigenvalue weighted by Gasteiger charge is -2.10. The Morgan fingerprint density at radius 2 is 1.95 bits per heavy atom. The van der Waals surface area contributed by atoms with Crippen molar-refractivity contribution in [2.45, 2.75) is 39.0 Å². The quantitative estimate of drug-likeness (QED) is 0.609. The van der Waals surface area contributed by atoms with Crippen LogP contribution in [-0.4, -0.2) is 21.2 Å². The molecule has 0 spiro atoms. The molecule has 2 aromatic heterocycles. The Bertz CT molecular complexity index is 720. The van der Waals surface area contributed by atoms with Crippen LogP contribution in [0.4, 0.5) is 0 Å². The molecule has 0 aliphatic heterocycles. The van der Waals surface area contributed by atoms with Crippen LogP contribution in [0.25, 0.3) is 16.6 Å². The molecule has 21 heavy (non-hydrogen) atoms. The maximum Gasteiger partial charge on any atom is 0.164 e. The summed E-state index contributed by atoms with van der Waals surface area (Å²) in [6.07, 6.45) is 7.96. The van der Waals surface area contributed by atoms with Crippen molar-refractivity contribution < 1.29 is 4.74 Å². The van der Waals surface area contributed by atoms with E-state index in [-0.39, 0.29) is 0 Å². The van der Waals surface area contributed by atoms with Gasteiger partial charge < -0.3 is 4.74 Å². The van der Waals surface area contributed by atoms with Gasteiger partial charge in [0.25, 0.3) is 0 Å². The lowest BCUT2D eigenvalue weighted by atomic mass is 10.1. The summed E-state index contributed by atoms with van der Waals surface area (Å²) in [6, 6.07) is 10.2. The van der Waals surface area contributed by atoms with Crippen molar-refractivity contribution in [3.8, 4) is 5.75 Å². The zero-order chi connectivity index (χ0) is 14.5. The van der Waals surface area contributed by atoms with Gasteiger partial charge in [0.05, 0.1) is 12.1 Å². The van der Waals surface area contributed by atoms with Gasteiger partial charge in [-0.3, -0.25) is 4.40 Å². The second kappa shape index (κ2) is 6.57. The minimum Gasteiger partial charge on any atom is -0.493 e. The number of fused-ring (bicyclic) bond motifs is 3. The Kier molecular flexibility index (Phi) is 4.34. The normalized spacial score (nSPS) is 11.3. The monoisotopic (exact) mass is 283 g/mol. The number of benzene rings is 1. The first-order valence-electron chi connectivity index (χ1n) is 7.74. The van der Waals surface area contributed by atoms with Crippen LogP contribution in [0.5, 0.6) is 5.75 Å².